The molecule has 14 heavy (non-hydrogen) atoms. The summed E-state index contributed by atoms with van der Waals surface area (Å²) in [6.45, 7) is 0. The number of benzene rings is 1. The van der Waals surface area contributed by atoms with Crippen LogP contribution < -0.4 is 5.73 Å². The van der Waals surface area contributed by atoms with E-state index >= 15 is 0 Å². The number of rotatable bonds is 1. The van der Waals surface area contributed by atoms with Crippen molar-refractivity contribution in [3.8, 4) is 0 Å². The van der Waals surface area contributed by atoms with Crippen LogP contribution in [-0.2, 0) is 0 Å². The Morgan fingerprint density at radius 1 is 1.21 bits per heavy atom. The van der Waals surface area contributed by atoms with Crippen molar-refractivity contribution in [2.45, 2.75) is 0 Å². The average molecular weight is 205 g/mol. The monoisotopic (exact) mass is 205 g/mol. The van der Waals surface area contributed by atoms with Gasteiger partial charge < -0.3 is 5.73 Å². The lowest BCUT2D eigenvalue weighted by Gasteiger charge is -2.12. The third-order valence-electron chi connectivity index (χ3n) is 2.02. The number of hydrogen-bond acceptors (Lipinski definition) is 2. The lowest BCUT2D eigenvalue weighted by molar-refractivity contribution is 0.108. The largest absolute Gasteiger partial charge is 0.394 e. The van der Waals surface area contributed by atoms with Gasteiger partial charge in [-0.05, 0) is 11.5 Å². The molecule has 1 atom stereocenters. The van der Waals surface area contributed by atoms with Gasteiger partial charge in [-0.2, -0.15) is 0 Å². The fourth-order valence-corrected chi connectivity index (χ4v) is 2.77. The normalized spacial score (nSPS) is 22.0. The van der Waals surface area contributed by atoms with Crippen LogP contribution >= 0.6 is 10.9 Å². The number of hydrogen-bond donors (Lipinski definition) is 2. The molecule has 3 heteroatoms. The summed E-state index contributed by atoms with van der Waals surface area (Å²) in [5, 5.41) is 2.71. The molecule has 1 aromatic rings. The molecule has 72 valence electrons. The second-order valence-electron chi connectivity index (χ2n) is 2.97. The first-order valence-electron chi connectivity index (χ1n) is 4.31. The number of allylic oxidation sites excluding steroid dienone is 2. The van der Waals surface area contributed by atoms with Gasteiger partial charge in [0.15, 0.2) is 0 Å². The van der Waals surface area contributed by atoms with Crippen LogP contribution in [0.3, 0.4) is 0 Å². The lowest BCUT2D eigenvalue weighted by Crippen LogP contribution is -2.04. The Morgan fingerprint density at radius 2 is 1.93 bits per heavy atom. The average Bonchev–Trinajstić information content (AvgIpc) is 2.65. The molecule has 0 fully saturated rings. The Kier molecular flexibility index (Phi) is 2.41. The molecule has 2 nitrogen and oxygen atoms in total. The second-order valence-corrected chi connectivity index (χ2v) is 4.93. The van der Waals surface area contributed by atoms with Gasteiger partial charge in [0.1, 0.15) is 0 Å². The van der Waals surface area contributed by atoms with E-state index in [9.17, 15) is 4.79 Å². The van der Waals surface area contributed by atoms with Crippen LogP contribution in [-0.4, -0.2) is 5.12 Å². The van der Waals surface area contributed by atoms with Crippen LogP contribution in [0, 0.1) is 0 Å². The third kappa shape index (κ3) is 1.59. The fourth-order valence-electron chi connectivity index (χ4n) is 1.30. The van der Waals surface area contributed by atoms with Gasteiger partial charge in [0.2, 0.25) is 5.12 Å². The molecule has 2 rings (SSSR count). The van der Waals surface area contributed by atoms with Gasteiger partial charge in [0.25, 0.3) is 0 Å². The molecule has 0 bridgehead atoms. The molecule has 0 spiro atoms. The molecule has 1 aliphatic heterocycles. The quantitative estimate of drug-likeness (QED) is 0.690. The minimum absolute atomic E-state index is 0.128. The van der Waals surface area contributed by atoms with Gasteiger partial charge in [-0.15, -0.1) is 10.9 Å². The van der Waals surface area contributed by atoms with Crippen LogP contribution in [0.1, 0.15) is 10.4 Å². The molecule has 0 radical (unpaired) electrons. The van der Waals surface area contributed by atoms with Crippen molar-refractivity contribution in [2.75, 3.05) is 0 Å². The first kappa shape index (κ1) is 9.09. The predicted molar refractivity (Wildman–Crippen MR) is 61.2 cm³/mol. The number of carbonyl (C=O) groups is 1. The van der Waals surface area contributed by atoms with Crippen LogP contribution in [0.25, 0.3) is 0 Å². The molecular weight excluding hydrogens is 194 g/mol. The highest BCUT2D eigenvalue weighted by Gasteiger charge is 2.17. The van der Waals surface area contributed by atoms with E-state index in [4.69, 9.17) is 5.73 Å². The molecular formula is C11H11NOS. The minimum atomic E-state index is -0.924. The summed E-state index contributed by atoms with van der Waals surface area (Å²) < 4.78 is 0. The maximum absolute atomic E-state index is 11.9. The number of thiol groups is 1. The van der Waals surface area contributed by atoms with Gasteiger partial charge in [-0.25, -0.2) is 0 Å². The Morgan fingerprint density at radius 3 is 2.50 bits per heavy atom. The van der Waals surface area contributed by atoms with Crippen molar-refractivity contribution in [2.24, 2.45) is 5.73 Å². The Balaban J connectivity index is 2.26. The van der Waals surface area contributed by atoms with E-state index in [1.165, 1.54) is 0 Å². The van der Waals surface area contributed by atoms with Crippen LogP contribution in [0.5, 0.6) is 0 Å². The minimum Gasteiger partial charge on any atom is -0.394 e. The van der Waals surface area contributed by atoms with Crippen molar-refractivity contribution in [3.63, 3.8) is 0 Å². The van der Waals surface area contributed by atoms with Gasteiger partial charge in [0, 0.05) is 5.56 Å². The molecule has 0 saturated carbocycles. The maximum Gasteiger partial charge on any atom is 0.208 e. The summed E-state index contributed by atoms with van der Waals surface area (Å²) in [6, 6.07) is 9.27. The van der Waals surface area contributed by atoms with E-state index in [0.717, 1.165) is 5.56 Å². The van der Waals surface area contributed by atoms with E-state index in [2.05, 4.69) is 0 Å². The molecule has 1 aromatic carbocycles. The molecule has 1 heterocycles. The Labute approximate surface area is 85.5 Å². The second kappa shape index (κ2) is 3.72. The van der Waals surface area contributed by atoms with Gasteiger partial charge in [0.05, 0.1) is 5.03 Å². The van der Waals surface area contributed by atoms with E-state index < -0.39 is 10.9 Å². The van der Waals surface area contributed by atoms with Crippen LogP contribution in [0.4, 0.5) is 0 Å². The Bertz CT molecular complexity index is 409. The molecule has 1 unspecified atom stereocenters. The highest BCUT2D eigenvalue weighted by molar-refractivity contribution is 8.35. The molecule has 0 aliphatic carbocycles. The third-order valence-corrected chi connectivity index (χ3v) is 3.89. The maximum atomic E-state index is 11.9. The molecule has 0 aromatic heterocycles. The van der Waals surface area contributed by atoms with E-state index in [-0.39, 0.29) is 5.12 Å². The fraction of sp³-hybridized carbons (Fsp3) is 0. The SMILES string of the molecule is NC1=CC=C[SH]1C(=O)c1ccccc1. The lowest BCUT2D eigenvalue weighted by atomic mass is 10.2. The molecule has 0 saturated heterocycles. The summed E-state index contributed by atoms with van der Waals surface area (Å²) in [7, 11) is -0.924. The summed E-state index contributed by atoms with van der Waals surface area (Å²) in [4.78, 5) is 11.9. The van der Waals surface area contributed by atoms with Crippen molar-refractivity contribution >= 4 is 16.0 Å². The van der Waals surface area contributed by atoms with Crippen LogP contribution in [0.15, 0.2) is 52.9 Å². The highest BCUT2D eigenvalue weighted by atomic mass is 32.2. The predicted octanol–water partition coefficient (Wildman–Crippen LogP) is 2.16. The van der Waals surface area contributed by atoms with Crippen molar-refractivity contribution in [1.82, 2.24) is 0 Å². The van der Waals surface area contributed by atoms with Crippen molar-refractivity contribution in [1.29, 1.82) is 0 Å². The molecule has 0 amide bonds. The van der Waals surface area contributed by atoms with Crippen LogP contribution in [0.2, 0.25) is 0 Å². The van der Waals surface area contributed by atoms with E-state index in [1.807, 2.05) is 41.8 Å². The van der Waals surface area contributed by atoms with Crippen molar-refractivity contribution < 1.29 is 4.79 Å². The van der Waals surface area contributed by atoms with Gasteiger partial charge in [-0.1, -0.05) is 36.4 Å². The molecule has 1 aliphatic rings. The van der Waals surface area contributed by atoms with Crippen molar-refractivity contribution in [3.05, 3.63) is 58.5 Å². The summed E-state index contributed by atoms with van der Waals surface area (Å²) in [6.07, 6.45) is 3.65. The zero-order chi connectivity index (χ0) is 9.97. The summed E-state index contributed by atoms with van der Waals surface area (Å²) in [5.41, 5.74) is 6.46. The smallest absolute Gasteiger partial charge is 0.208 e. The topological polar surface area (TPSA) is 43.1 Å². The first-order valence-corrected chi connectivity index (χ1v) is 5.73. The van der Waals surface area contributed by atoms with Gasteiger partial charge >= 0.3 is 0 Å². The molecule has 2 N–H and O–H groups in total. The van der Waals surface area contributed by atoms with E-state index in [1.54, 1.807) is 6.08 Å². The van der Waals surface area contributed by atoms with Gasteiger partial charge in [-0.3, -0.25) is 4.79 Å². The Hall–Kier alpha value is -1.48. The zero-order valence-corrected chi connectivity index (χ0v) is 8.45. The number of nitrogens with two attached hydrogens (primary N) is 1. The first-order chi connectivity index (χ1) is 6.79. The summed E-state index contributed by atoms with van der Waals surface area (Å²) in [5.74, 6) is 0. The standard InChI is InChI=1S/C11H11NOS/c12-10-7-4-8-14(10)11(13)9-5-2-1-3-6-9/h1-8,14H,12H2. The van der Waals surface area contributed by atoms with E-state index in [0.29, 0.717) is 5.03 Å². The zero-order valence-electron chi connectivity index (χ0n) is 7.55. The highest BCUT2D eigenvalue weighted by Crippen LogP contribution is 2.40. The number of carbonyl (C=O) groups excluding carboxylic acids is 1. The summed E-state index contributed by atoms with van der Waals surface area (Å²) >= 11 is 0.